The fraction of sp³-hybridized carbons (Fsp3) is 0.200. The highest BCUT2D eigenvalue weighted by Gasteiger charge is 2.01. The number of aromatic nitrogens is 2. The van der Waals surface area contributed by atoms with Gasteiger partial charge in [0.2, 0.25) is 0 Å². The normalized spacial score (nSPS) is 10.4. The third kappa shape index (κ3) is 3.01. The van der Waals surface area contributed by atoms with Crippen molar-refractivity contribution in [3.63, 3.8) is 0 Å². The molecule has 2 heterocycles. The Bertz CT molecular complexity index is 471. The summed E-state index contributed by atoms with van der Waals surface area (Å²) in [5.74, 6) is 1.57. The third-order valence-electron chi connectivity index (χ3n) is 1.90. The van der Waals surface area contributed by atoms with E-state index in [1.54, 1.807) is 17.5 Å². The molecule has 2 rings (SSSR count). The maximum atomic E-state index is 5.46. The summed E-state index contributed by atoms with van der Waals surface area (Å²) in [6, 6.07) is 5.84. The molecule has 0 amide bonds. The molecular weight excluding hydrogens is 288 g/mol. The van der Waals surface area contributed by atoms with Crippen LogP contribution in [0.3, 0.4) is 0 Å². The molecule has 0 aromatic carbocycles. The van der Waals surface area contributed by atoms with Gasteiger partial charge in [-0.2, -0.15) is 0 Å². The highest BCUT2D eigenvalue weighted by molar-refractivity contribution is 9.11. The molecule has 0 radical (unpaired) electrons. The van der Waals surface area contributed by atoms with Gasteiger partial charge >= 0.3 is 0 Å². The van der Waals surface area contributed by atoms with Crippen LogP contribution in [0.25, 0.3) is 0 Å². The fourth-order valence-electron chi connectivity index (χ4n) is 1.23. The van der Waals surface area contributed by atoms with Crippen molar-refractivity contribution >= 4 is 38.1 Å². The van der Waals surface area contributed by atoms with E-state index in [0.717, 1.165) is 20.4 Å². The Hall–Kier alpha value is -0.980. The average Bonchev–Trinajstić information content (AvgIpc) is 2.65. The van der Waals surface area contributed by atoms with Gasteiger partial charge in [-0.1, -0.05) is 0 Å². The highest BCUT2D eigenvalue weighted by atomic mass is 79.9. The summed E-state index contributed by atoms with van der Waals surface area (Å²) in [6.45, 7) is 0.563. The van der Waals surface area contributed by atoms with Crippen molar-refractivity contribution in [1.82, 2.24) is 9.97 Å². The van der Waals surface area contributed by atoms with Crippen molar-refractivity contribution in [3.8, 4) is 0 Å². The maximum Gasteiger partial charge on any atom is 0.134 e. The zero-order chi connectivity index (χ0) is 11.4. The zero-order valence-corrected chi connectivity index (χ0v) is 10.9. The Morgan fingerprint density at radius 1 is 1.38 bits per heavy atom. The van der Waals surface area contributed by atoms with E-state index in [2.05, 4.69) is 31.2 Å². The lowest BCUT2D eigenvalue weighted by atomic mass is 10.4. The average molecular weight is 299 g/mol. The van der Waals surface area contributed by atoms with Crippen molar-refractivity contribution in [2.45, 2.75) is 6.42 Å². The topological polar surface area (TPSA) is 63.8 Å². The molecule has 0 fully saturated rings. The summed E-state index contributed by atoms with van der Waals surface area (Å²) in [4.78, 5) is 8.50. The molecule has 2 aromatic heterocycles. The van der Waals surface area contributed by atoms with E-state index in [1.165, 1.54) is 0 Å². The SMILES string of the molecule is NCCc1nccc(Nc2ccc(Br)s2)n1. The summed E-state index contributed by atoms with van der Waals surface area (Å²) in [6.07, 6.45) is 2.44. The Morgan fingerprint density at radius 3 is 2.94 bits per heavy atom. The van der Waals surface area contributed by atoms with E-state index in [9.17, 15) is 0 Å². The second kappa shape index (κ2) is 5.38. The van der Waals surface area contributed by atoms with Crippen LogP contribution in [0.15, 0.2) is 28.2 Å². The summed E-state index contributed by atoms with van der Waals surface area (Å²) in [5, 5.41) is 4.27. The van der Waals surface area contributed by atoms with Crippen molar-refractivity contribution in [2.24, 2.45) is 5.73 Å². The number of hydrogen-bond donors (Lipinski definition) is 2. The van der Waals surface area contributed by atoms with Crippen molar-refractivity contribution < 1.29 is 0 Å². The number of thiophene rings is 1. The molecule has 4 nitrogen and oxygen atoms in total. The molecular formula is C10H11BrN4S. The van der Waals surface area contributed by atoms with Crippen molar-refractivity contribution in [1.29, 1.82) is 0 Å². The van der Waals surface area contributed by atoms with Crippen LogP contribution in [0.2, 0.25) is 0 Å². The molecule has 0 aliphatic rings. The number of rotatable bonds is 4. The van der Waals surface area contributed by atoms with Crippen LogP contribution >= 0.6 is 27.3 Å². The molecule has 0 bridgehead atoms. The number of nitrogens with two attached hydrogens (primary N) is 1. The molecule has 6 heteroatoms. The lowest BCUT2D eigenvalue weighted by Crippen LogP contribution is -2.07. The fourth-order valence-corrected chi connectivity index (χ4v) is 2.52. The van der Waals surface area contributed by atoms with Crippen LogP contribution in [-0.4, -0.2) is 16.5 Å². The van der Waals surface area contributed by atoms with E-state index < -0.39 is 0 Å². The summed E-state index contributed by atoms with van der Waals surface area (Å²) >= 11 is 5.04. The molecule has 0 spiro atoms. The molecule has 84 valence electrons. The Kier molecular flexibility index (Phi) is 3.87. The van der Waals surface area contributed by atoms with E-state index in [-0.39, 0.29) is 0 Å². The Balaban J connectivity index is 2.12. The van der Waals surface area contributed by atoms with E-state index in [0.29, 0.717) is 13.0 Å². The number of halogens is 1. The number of hydrogen-bond acceptors (Lipinski definition) is 5. The predicted octanol–water partition coefficient (Wildman–Crippen LogP) is 2.55. The largest absolute Gasteiger partial charge is 0.332 e. The Morgan fingerprint density at radius 2 is 2.25 bits per heavy atom. The number of nitrogens with one attached hydrogen (secondary N) is 1. The smallest absolute Gasteiger partial charge is 0.134 e. The van der Waals surface area contributed by atoms with Crippen LogP contribution in [-0.2, 0) is 6.42 Å². The van der Waals surface area contributed by atoms with Gasteiger partial charge in [-0.3, -0.25) is 0 Å². The van der Waals surface area contributed by atoms with Gasteiger partial charge in [0.1, 0.15) is 11.6 Å². The number of anilines is 2. The van der Waals surface area contributed by atoms with Crippen LogP contribution in [0.1, 0.15) is 5.82 Å². The van der Waals surface area contributed by atoms with Gasteiger partial charge in [-0.15, -0.1) is 11.3 Å². The van der Waals surface area contributed by atoms with Crippen LogP contribution in [0, 0.1) is 0 Å². The molecule has 0 aliphatic heterocycles. The molecule has 0 aliphatic carbocycles. The first-order chi connectivity index (χ1) is 7.78. The Labute approximate surface area is 106 Å². The van der Waals surface area contributed by atoms with Crippen LogP contribution in [0.5, 0.6) is 0 Å². The van der Waals surface area contributed by atoms with Gasteiger partial charge in [-0.05, 0) is 40.7 Å². The van der Waals surface area contributed by atoms with Crippen molar-refractivity contribution in [2.75, 3.05) is 11.9 Å². The van der Waals surface area contributed by atoms with E-state index in [4.69, 9.17) is 5.73 Å². The number of nitrogens with zero attached hydrogens (tertiary/aromatic N) is 2. The minimum Gasteiger partial charge on any atom is -0.332 e. The van der Waals surface area contributed by atoms with E-state index >= 15 is 0 Å². The highest BCUT2D eigenvalue weighted by Crippen LogP contribution is 2.28. The monoisotopic (exact) mass is 298 g/mol. The predicted molar refractivity (Wildman–Crippen MR) is 70.1 cm³/mol. The minimum atomic E-state index is 0.563. The quantitative estimate of drug-likeness (QED) is 0.910. The molecule has 0 saturated heterocycles. The second-order valence-corrected chi connectivity index (χ2v) is 5.59. The van der Waals surface area contributed by atoms with Gasteiger partial charge in [0.15, 0.2) is 0 Å². The minimum absolute atomic E-state index is 0.563. The molecule has 0 atom stereocenters. The van der Waals surface area contributed by atoms with Gasteiger partial charge < -0.3 is 11.1 Å². The maximum absolute atomic E-state index is 5.46. The third-order valence-corrected chi connectivity index (χ3v) is 3.44. The van der Waals surface area contributed by atoms with Crippen LogP contribution < -0.4 is 11.1 Å². The van der Waals surface area contributed by atoms with E-state index in [1.807, 2.05) is 18.2 Å². The lowest BCUT2D eigenvalue weighted by molar-refractivity contribution is 0.870. The molecule has 0 saturated carbocycles. The summed E-state index contributed by atoms with van der Waals surface area (Å²) in [7, 11) is 0. The molecule has 16 heavy (non-hydrogen) atoms. The summed E-state index contributed by atoms with van der Waals surface area (Å²) < 4.78 is 1.09. The first-order valence-corrected chi connectivity index (χ1v) is 6.43. The van der Waals surface area contributed by atoms with Crippen molar-refractivity contribution in [3.05, 3.63) is 34.0 Å². The van der Waals surface area contributed by atoms with Gasteiger partial charge in [0.25, 0.3) is 0 Å². The molecule has 0 unspecified atom stereocenters. The van der Waals surface area contributed by atoms with Crippen LogP contribution in [0.4, 0.5) is 10.8 Å². The van der Waals surface area contributed by atoms with Gasteiger partial charge in [0.05, 0.1) is 8.79 Å². The first kappa shape index (κ1) is 11.5. The second-order valence-electron chi connectivity index (χ2n) is 3.13. The first-order valence-electron chi connectivity index (χ1n) is 4.82. The lowest BCUT2D eigenvalue weighted by Gasteiger charge is -2.03. The summed E-state index contributed by atoms with van der Waals surface area (Å²) in [5.41, 5.74) is 5.46. The zero-order valence-electron chi connectivity index (χ0n) is 8.48. The van der Waals surface area contributed by atoms with Gasteiger partial charge in [-0.25, -0.2) is 9.97 Å². The molecule has 2 aromatic rings. The van der Waals surface area contributed by atoms with Gasteiger partial charge in [0, 0.05) is 12.6 Å². The standard InChI is InChI=1S/C10H11BrN4S/c11-7-1-2-10(16-7)15-9-4-6-13-8(14-9)3-5-12/h1-2,4,6H,3,5,12H2,(H,13,14,15). The molecule has 3 N–H and O–H groups in total.